The van der Waals surface area contributed by atoms with Crippen molar-refractivity contribution in [3.63, 3.8) is 0 Å². The summed E-state index contributed by atoms with van der Waals surface area (Å²) in [6.07, 6.45) is 12.6. The van der Waals surface area contributed by atoms with Crippen molar-refractivity contribution in [1.82, 2.24) is 14.4 Å². The van der Waals surface area contributed by atoms with Gasteiger partial charge >= 0.3 is 0 Å². The number of benzene rings is 4. The molecule has 0 spiro atoms. The molecule has 0 radical (unpaired) electrons. The summed E-state index contributed by atoms with van der Waals surface area (Å²) in [5.74, 6) is 1.90. The van der Waals surface area contributed by atoms with Gasteiger partial charge in [0, 0.05) is 52.1 Å². The van der Waals surface area contributed by atoms with Gasteiger partial charge in [-0.15, -0.1) is 0 Å². The summed E-state index contributed by atoms with van der Waals surface area (Å²) in [6, 6.07) is 34.3. The van der Waals surface area contributed by atoms with Crippen LogP contribution in [0.4, 0.5) is 11.4 Å². The van der Waals surface area contributed by atoms with Crippen LogP contribution in [-0.4, -0.2) is 61.3 Å². The maximum Gasteiger partial charge on any atom is 0.282 e. The second kappa shape index (κ2) is 15.6. The first-order valence-corrected chi connectivity index (χ1v) is 20.8. The summed E-state index contributed by atoms with van der Waals surface area (Å²) in [4.78, 5) is 34.7. The first kappa shape index (κ1) is 38.4. The van der Waals surface area contributed by atoms with E-state index in [2.05, 4.69) is 83.2 Å². The molecular formula is C51H48N5O4+. The van der Waals surface area contributed by atoms with E-state index in [9.17, 15) is 19.8 Å². The van der Waals surface area contributed by atoms with Crippen LogP contribution in [0.15, 0.2) is 162 Å². The minimum Gasteiger partial charge on any atom is -0.509 e. The van der Waals surface area contributed by atoms with Crippen molar-refractivity contribution in [2.45, 2.75) is 52.9 Å². The number of carbonyl (C=O) groups is 2. The molecule has 0 bridgehead atoms. The van der Waals surface area contributed by atoms with Gasteiger partial charge in [0.05, 0.1) is 18.8 Å². The second-order valence-electron chi connectivity index (χ2n) is 15.1. The molecular weight excluding hydrogens is 747 g/mol. The van der Waals surface area contributed by atoms with Gasteiger partial charge in [0.2, 0.25) is 23.0 Å². The van der Waals surface area contributed by atoms with E-state index in [1.54, 1.807) is 24.3 Å². The van der Waals surface area contributed by atoms with Crippen LogP contribution in [0.3, 0.4) is 0 Å². The zero-order valence-corrected chi connectivity index (χ0v) is 34.3. The lowest BCUT2D eigenvalue weighted by molar-refractivity contribution is -0.696. The van der Waals surface area contributed by atoms with Gasteiger partial charge in [-0.05, 0) is 81.3 Å². The summed E-state index contributed by atoms with van der Waals surface area (Å²) in [5.41, 5.74) is 6.51. The number of nitrogens with zero attached hydrogens (tertiary/aromatic N) is 5. The largest absolute Gasteiger partial charge is 0.509 e. The molecule has 0 saturated carbocycles. The summed E-state index contributed by atoms with van der Waals surface area (Å²) in [6.45, 7) is 10.4. The van der Waals surface area contributed by atoms with Crippen molar-refractivity contribution in [2.75, 3.05) is 18.0 Å². The van der Waals surface area contributed by atoms with Crippen LogP contribution in [0.1, 0.15) is 65.6 Å². The molecule has 4 aliphatic rings. The van der Waals surface area contributed by atoms with Gasteiger partial charge in [0.25, 0.3) is 5.82 Å². The highest BCUT2D eigenvalue weighted by atomic mass is 16.3. The maximum absolute atomic E-state index is 14.0. The lowest BCUT2D eigenvalue weighted by Gasteiger charge is -2.29. The van der Waals surface area contributed by atoms with Gasteiger partial charge in [0.1, 0.15) is 29.4 Å². The summed E-state index contributed by atoms with van der Waals surface area (Å²) < 4.78 is 3.93. The third kappa shape index (κ3) is 5.95. The molecule has 9 nitrogen and oxygen atoms in total. The van der Waals surface area contributed by atoms with E-state index in [0.29, 0.717) is 59.1 Å². The lowest BCUT2D eigenvalue weighted by atomic mass is 9.90. The average Bonchev–Trinajstić information content (AvgIpc) is 3.95. The molecule has 2 heterocycles. The zero-order chi connectivity index (χ0) is 41.7. The Labute approximate surface area is 350 Å². The van der Waals surface area contributed by atoms with Crippen LogP contribution >= 0.6 is 0 Å². The Balaban J connectivity index is 1.22. The number of aliphatic hydroxyl groups excluding tert-OH is 2. The molecule has 1 fully saturated rings. The zero-order valence-electron chi connectivity index (χ0n) is 34.3. The number of allylic oxidation sites excluding steroid dienone is 6. The van der Waals surface area contributed by atoms with E-state index < -0.39 is 12.1 Å². The molecule has 9 heteroatoms. The Morgan fingerprint density at radius 2 is 1.17 bits per heavy atom. The number of imidazole rings is 1. The molecule has 2 N–H and O–H groups in total. The molecule has 60 heavy (non-hydrogen) atoms. The number of fused-ring (bicyclic) bond motifs is 4. The van der Waals surface area contributed by atoms with Gasteiger partial charge in [-0.25, -0.2) is 9.13 Å². The Morgan fingerprint density at radius 3 is 1.70 bits per heavy atom. The lowest BCUT2D eigenvalue weighted by Crippen LogP contribution is -2.50. The van der Waals surface area contributed by atoms with Crippen molar-refractivity contribution in [3.8, 4) is 0 Å². The van der Waals surface area contributed by atoms with E-state index in [4.69, 9.17) is 0 Å². The van der Waals surface area contributed by atoms with E-state index in [0.717, 1.165) is 39.9 Å². The number of anilines is 2. The Hall–Kier alpha value is -7.13. The average molecular weight is 795 g/mol. The predicted octanol–water partition coefficient (Wildman–Crippen LogP) is 7.47. The number of rotatable bonds is 10. The van der Waals surface area contributed by atoms with Crippen molar-refractivity contribution in [1.29, 1.82) is 0 Å². The van der Waals surface area contributed by atoms with Crippen LogP contribution in [0.25, 0.3) is 17.6 Å². The fourth-order valence-corrected chi connectivity index (χ4v) is 9.51. The van der Waals surface area contributed by atoms with Crippen LogP contribution < -0.4 is 19.9 Å². The van der Waals surface area contributed by atoms with E-state index >= 15 is 0 Å². The molecule has 1 aliphatic heterocycles. The normalized spacial score (nSPS) is 18.8. The van der Waals surface area contributed by atoms with Gasteiger partial charge < -0.3 is 24.9 Å². The third-order valence-electron chi connectivity index (χ3n) is 12.1. The standard InChI is InChI=1S/C51H47N5O4/c1-5-52-41(53(6-2)45-44(52)48(57)37-23-15-16-24-38(37)49(45)58)31-29-33-27-28-34(43(33)56(35-19-11-9-12-20-35)36-21-13-10-14-22-36)30-32-42-54(7-3)46-47(55(42)8-4)51(60)40-26-18-17-25-39(40)50(46)59/h9-32,44-45H,5-8H2,1-4H3,(H-,57,58,59,60)/p+1. The monoisotopic (exact) mass is 794 g/mol. The number of para-hydroxylation sites is 2. The number of aromatic nitrogens is 2. The first-order valence-electron chi connectivity index (χ1n) is 20.8. The van der Waals surface area contributed by atoms with Crippen LogP contribution in [-0.2, 0) is 13.1 Å². The van der Waals surface area contributed by atoms with Crippen molar-refractivity contribution in [2.24, 2.45) is 0 Å². The number of carbonyl (C=O) groups excluding carboxylic acids is 2. The van der Waals surface area contributed by atoms with Crippen LogP contribution in [0.2, 0.25) is 0 Å². The highest BCUT2D eigenvalue weighted by molar-refractivity contribution is 6.26. The van der Waals surface area contributed by atoms with Crippen LogP contribution in [0.5, 0.6) is 0 Å². The smallest absolute Gasteiger partial charge is 0.282 e. The molecule has 1 saturated heterocycles. The minimum absolute atomic E-state index is 0.142. The van der Waals surface area contributed by atoms with Gasteiger partial charge in [-0.3, -0.25) is 9.59 Å². The molecule has 2 unspecified atom stereocenters. The first-order chi connectivity index (χ1) is 29.3. The molecule has 2 atom stereocenters. The Kier molecular flexibility index (Phi) is 9.96. The fraction of sp³-hybridized carbons (Fsp3) is 0.196. The third-order valence-corrected chi connectivity index (χ3v) is 12.1. The Bertz CT molecular complexity index is 2690. The van der Waals surface area contributed by atoms with Crippen molar-refractivity contribution in [3.05, 3.63) is 201 Å². The molecule has 4 aromatic carbocycles. The SMILES string of the molecule is CCN1C(=C/C=C2\C=CC(/C=C/c3n(CC)c4c([n+]3CC)C(=O)c3ccccc3C4=O)=C2N(c2ccccc2)c2ccccc2)N(CC)C2C(O)=c3ccccc3=C(O)C21. The number of ketones is 2. The van der Waals surface area contributed by atoms with E-state index in [-0.39, 0.29) is 23.1 Å². The molecule has 5 aromatic rings. The quantitative estimate of drug-likeness (QED) is 0.139. The topological polar surface area (TPSA) is 93.1 Å². The summed E-state index contributed by atoms with van der Waals surface area (Å²) in [7, 11) is 0. The number of hydrogen-bond donors (Lipinski definition) is 2. The predicted molar refractivity (Wildman–Crippen MR) is 236 cm³/mol. The Morgan fingerprint density at radius 1 is 0.633 bits per heavy atom. The molecule has 300 valence electrons. The summed E-state index contributed by atoms with van der Waals surface area (Å²) in [5, 5.41) is 24.8. The van der Waals surface area contributed by atoms with Gasteiger partial charge in [0.15, 0.2) is 0 Å². The number of hydrogen-bond acceptors (Lipinski definition) is 7. The summed E-state index contributed by atoms with van der Waals surface area (Å²) >= 11 is 0. The molecule has 1 aromatic heterocycles. The van der Waals surface area contributed by atoms with Gasteiger partial charge in [-0.1, -0.05) is 97.1 Å². The number of likely N-dealkylation sites (N-methyl/N-ethyl adjacent to an activating group) is 2. The highest BCUT2D eigenvalue weighted by Crippen LogP contribution is 2.41. The van der Waals surface area contributed by atoms with E-state index in [1.807, 2.05) is 89.7 Å². The molecule has 3 aliphatic carbocycles. The molecule has 9 rings (SSSR count). The maximum atomic E-state index is 14.0. The minimum atomic E-state index is -0.440. The second-order valence-corrected chi connectivity index (χ2v) is 15.1. The number of aliphatic hydroxyl groups is 2. The highest BCUT2D eigenvalue weighted by Gasteiger charge is 2.48. The fourth-order valence-electron chi connectivity index (χ4n) is 9.51. The van der Waals surface area contributed by atoms with Gasteiger partial charge in [-0.2, -0.15) is 0 Å². The van der Waals surface area contributed by atoms with Crippen molar-refractivity contribution >= 4 is 40.5 Å². The molecule has 0 amide bonds. The van der Waals surface area contributed by atoms with Crippen molar-refractivity contribution < 1.29 is 24.4 Å². The van der Waals surface area contributed by atoms with Crippen LogP contribution in [0, 0.1) is 0 Å². The van der Waals surface area contributed by atoms with E-state index in [1.165, 1.54) is 0 Å².